The third kappa shape index (κ3) is 5.55. The smallest absolute Gasteiger partial charge is 0.321 e. The minimum Gasteiger partial charge on any atom is -0.481 e. The van der Waals surface area contributed by atoms with Crippen molar-refractivity contribution >= 4 is 44.8 Å². The number of hydrogen-bond acceptors (Lipinski definition) is 8. The molecule has 30 heavy (non-hydrogen) atoms. The summed E-state index contributed by atoms with van der Waals surface area (Å²) in [6.07, 6.45) is 3.11. The lowest BCUT2D eigenvalue weighted by atomic mass is 10.3. The van der Waals surface area contributed by atoms with Gasteiger partial charge in [0.15, 0.2) is 5.82 Å². The molecule has 3 rings (SSSR count). The van der Waals surface area contributed by atoms with Crippen LogP contribution in [0.15, 0.2) is 58.8 Å². The highest BCUT2D eigenvalue weighted by Gasteiger charge is 2.17. The van der Waals surface area contributed by atoms with Gasteiger partial charge < -0.3 is 14.8 Å². The van der Waals surface area contributed by atoms with Crippen molar-refractivity contribution in [2.45, 2.75) is 4.90 Å². The molecule has 0 aliphatic rings. The number of hydrogen-bond donors (Lipinski definition) is 2. The maximum Gasteiger partial charge on any atom is 0.321 e. The molecule has 0 unspecified atom stereocenters. The number of benzene rings is 1. The molecule has 0 saturated carbocycles. The number of methoxy groups -OCH3 is 2. The van der Waals surface area contributed by atoms with Crippen LogP contribution in [0.1, 0.15) is 4.88 Å². The fraction of sp³-hybridized carbons (Fsp3) is 0.105. The van der Waals surface area contributed by atoms with Gasteiger partial charge in [0, 0.05) is 22.7 Å². The highest BCUT2D eigenvalue weighted by Crippen LogP contribution is 2.21. The van der Waals surface area contributed by atoms with Crippen molar-refractivity contribution in [3.8, 4) is 11.9 Å². The summed E-state index contributed by atoms with van der Waals surface area (Å²) in [4.78, 5) is 20.8. The third-order valence-electron chi connectivity index (χ3n) is 3.69. The Morgan fingerprint density at radius 2 is 1.87 bits per heavy atom. The molecule has 0 radical (unpaired) electrons. The molecule has 0 bridgehead atoms. The third-order valence-corrected chi connectivity index (χ3v) is 5.90. The van der Waals surface area contributed by atoms with Crippen LogP contribution in [-0.2, 0) is 14.8 Å². The molecule has 0 saturated heterocycles. The number of rotatable bonds is 8. The fourth-order valence-corrected chi connectivity index (χ4v) is 3.90. The van der Waals surface area contributed by atoms with Gasteiger partial charge in [-0.1, -0.05) is 6.07 Å². The van der Waals surface area contributed by atoms with Crippen LogP contribution in [0.5, 0.6) is 11.9 Å². The van der Waals surface area contributed by atoms with Crippen LogP contribution in [0.4, 0.5) is 11.5 Å². The lowest BCUT2D eigenvalue weighted by Gasteiger charge is -2.10. The lowest BCUT2D eigenvalue weighted by molar-refractivity contribution is -0.111. The topological polar surface area (TPSA) is 120 Å². The molecule has 0 aliphatic carbocycles. The average Bonchev–Trinajstić information content (AvgIpc) is 3.25. The van der Waals surface area contributed by atoms with Crippen molar-refractivity contribution in [2.75, 3.05) is 24.3 Å². The standard InChI is InChI=1S/C19H18N4O5S2/c1-27-18-12-16(21-19(22-18)28-2)23-30(25,26)15-8-5-13(6-9-15)20-17(24)10-7-14-4-3-11-29-14/h3-12H,1-2H3,(H,20,24)(H,21,22,23)/b10-7+. The van der Waals surface area contributed by atoms with E-state index in [1.807, 2.05) is 17.5 Å². The molecule has 2 aromatic heterocycles. The average molecular weight is 447 g/mol. The first-order chi connectivity index (χ1) is 14.4. The molecule has 1 aromatic carbocycles. The van der Waals surface area contributed by atoms with Crippen molar-refractivity contribution in [2.24, 2.45) is 0 Å². The predicted octanol–water partition coefficient (Wildman–Crippen LogP) is 3.01. The van der Waals surface area contributed by atoms with Gasteiger partial charge in [-0.25, -0.2) is 8.42 Å². The van der Waals surface area contributed by atoms with Crippen molar-refractivity contribution in [1.82, 2.24) is 9.97 Å². The zero-order valence-electron chi connectivity index (χ0n) is 16.0. The van der Waals surface area contributed by atoms with Gasteiger partial charge in [0.25, 0.3) is 10.0 Å². The van der Waals surface area contributed by atoms with Gasteiger partial charge in [-0.15, -0.1) is 11.3 Å². The normalized spacial score (nSPS) is 11.3. The quantitative estimate of drug-likeness (QED) is 0.511. The predicted molar refractivity (Wildman–Crippen MR) is 114 cm³/mol. The maximum atomic E-state index is 12.6. The Bertz CT molecular complexity index is 1120. The van der Waals surface area contributed by atoms with Gasteiger partial charge in [-0.3, -0.25) is 9.52 Å². The number of nitrogens with one attached hydrogen (secondary N) is 2. The van der Waals surface area contributed by atoms with Gasteiger partial charge in [0.1, 0.15) is 0 Å². The number of thiophene rings is 1. The summed E-state index contributed by atoms with van der Waals surface area (Å²) < 4.78 is 37.5. The van der Waals surface area contributed by atoms with Crippen LogP contribution >= 0.6 is 11.3 Å². The lowest BCUT2D eigenvalue weighted by Crippen LogP contribution is -2.15. The number of anilines is 2. The van der Waals surface area contributed by atoms with Crippen molar-refractivity contribution in [3.05, 3.63) is 58.8 Å². The summed E-state index contributed by atoms with van der Waals surface area (Å²) >= 11 is 1.52. The molecule has 2 heterocycles. The minimum absolute atomic E-state index is 0.00482. The van der Waals surface area contributed by atoms with Crippen LogP contribution in [-0.4, -0.2) is 38.5 Å². The first kappa shape index (κ1) is 21.3. The van der Waals surface area contributed by atoms with Crippen LogP contribution < -0.4 is 19.5 Å². The molecule has 156 valence electrons. The summed E-state index contributed by atoms with van der Waals surface area (Å²) in [6.45, 7) is 0. The van der Waals surface area contributed by atoms with Crippen molar-refractivity contribution in [3.63, 3.8) is 0 Å². The molecule has 0 fully saturated rings. The number of sulfonamides is 1. The molecule has 0 aliphatic heterocycles. The fourth-order valence-electron chi connectivity index (χ4n) is 2.29. The Morgan fingerprint density at radius 3 is 2.50 bits per heavy atom. The maximum absolute atomic E-state index is 12.6. The van der Waals surface area contributed by atoms with Crippen LogP contribution in [0, 0.1) is 0 Å². The van der Waals surface area contributed by atoms with Gasteiger partial charge >= 0.3 is 6.01 Å². The molecule has 0 spiro atoms. The number of amides is 1. The van der Waals surface area contributed by atoms with Crippen molar-refractivity contribution < 1.29 is 22.7 Å². The number of nitrogens with zero attached hydrogens (tertiary/aromatic N) is 2. The largest absolute Gasteiger partial charge is 0.481 e. The van der Waals surface area contributed by atoms with E-state index in [-0.39, 0.29) is 28.5 Å². The Labute approximate surface area is 177 Å². The highest BCUT2D eigenvalue weighted by atomic mass is 32.2. The molecule has 9 nitrogen and oxygen atoms in total. The second-order valence-corrected chi connectivity index (χ2v) is 8.41. The molecule has 1 amide bonds. The van der Waals surface area contributed by atoms with Gasteiger partial charge in [-0.05, 0) is 41.8 Å². The first-order valence-corrected chi connectivity index (χ1v) is 10.9. The van der Waals surface area contributed by atoms with Gasteiger partial charge in [0.05, 0.1) is 19.1 Å². The number of aromatic nitrogens is 2. The Morgan fingerprint density at radius 1 is 1.10 bits per heavy atom. The monoisotopic (exact) mass is 446 g/mol. The number of carbonyl (C=O) groups is 1. The number of ether oxygens (including phenoxy) is 2. The summed E-state index contributed by atoms with van der Waals surface area (Å²) in [5, 5.41) is 4.59. The summed E-state index contributed by atoms with van der Waals surface area (Å²) in [5.74, 6) is -0.180. The van der Waals surface area contributed by atoms with E-state index in [2.05, 4.69) is 20.0 Å². The van der Waals surface area contributed by atoms with Crippen molar-refractivity contribution in [1.29, 1.82) is 0 Å². The summed E-state index contributed by atoms with van der Waals surface area (Å²) in [5.41, 5.74) is 0.458. The van der Waals surface area contributed by atoms with E-state index < -0.39 is 10.0 Å². The van der Waals surface area contributed by atoms with Gasteiger partial charge in [0.2, 0.25) is 11.8 Å². The molecule has 2 N–H and O–H groups in total. The Balaban J connectivity index is 1.69. The van der Waals surface area contributed by atoms with Crippen LogP contribution in [0.2, 0.25) is 0 Å². The van der Waals surface area contributed by atoms with E-state index in [1.165, 1.54) is 62.0 Å². The summed E-state index contributed by atoms with van der Waals surface area (Å²) in [7, 11) is -1.18. The van der Waals surface area contributed by atoms with E-state index in [1.54, 1.807) is 6.08 Å². The first-order valence-electron chi connectivity index (χ1n) is 8.52. The van der Waals surface area contributed by atoms with E-state index in [0.29, 0.717) is 5.69 Å². The minimum atomic E-state index is -3.93. The summed E-state index contributed by atoms with van der Waals surface area (Å²) in [6, 6.07) is 10.8. The molecule has 3 aromatic rings. The van der Waals surface area contributed by atoms with E-state index in [4.69, 9.17) is 9.47 Å². The second-order valence-electron chi connectivity index (χ2n) is 5.75. The second kappa shape index (κ2) is 9.37. The van der Waals surface area contributed by atoms with Crippen LogP contribution in [0.25, 0.3) is 6.08 Å². The zero-order chi connectivity index (χ0) is 21.6. The van der Waals surface area contributed by atoms with Gasteiger partial charge in [-0.2, -0.15) is 9.97 Å². The molecule has 0 atom stereocenters. The molecule has 11 heteroatoms. The number of carbonyl (C=O) groups excluding carboxylic acids is 1. The van der Waals surface area contributed by atoms with E-state index >= 15 is 0 Å². The highest BCUT2D eigenvalue weighted by molar-refractivity contribution is 7.92. The Kier molecular flexibility index (Phi) is 6.65. The van der Waals surface area contributed by atoms with Crippen LogP contribution in [0.3, 0.4) is 0 Å². The zero-order valence-corrected chi connectivity index (χ0v) is 17.7. The molecular formula is C19H18N4O5S2. The Hall–Kier alpha value is -3.44. The van der Waals surface area contributed by atoms with E-state index in [0.717, 1.165) is 4.88 Å². The SMILES string of the molecule is COc1cc(NS(=O)(=O)c2ccc(NC(=O)/C=C/c3cccs3)cc2)nc(OC)n1. The van der Waals surface area contributed by atoms with E-state index in [9.17, 15) is 13.2 Å². The molecular weight excluding hydrogens is 428 g/mol.